The molecule has 0 aromatic rings. The van der Waals surface area contributed by atoms with Crippen molar-refractivity contribution in [3.8, 4) is 0 Å². The molecule has 0 radical (unpaired) electrons. The number of nitrogens with two attached hydrogens (primary N) is 1. The van der Waals surface area contributed by atoms with Crippen molar-refractivity contribution in [2.24, 2.45) is 11.7 Å². The van der Waals surface area contributed by atoms with Crippen LogP contribution in [0, 0.1) is 5.92 Å². The maximum Gasteiger partial charge on any atom is 0.223 e. The first kappa shape index (κ1) is 11.9. The first-order valence-corrected chi connectivity index (χ1v) is 4.67. The summed E-state index contributed by atoms with van der Waals surface area (Å²) in [7, 11) is 0. The van der Waals surface area contributed by atoms with Crippen LogP contribution in [0.25, 0.3) is 0 Å². The number of carbonyl (C=O) groups is 2. The van der Waals surface area contributed by atoms with Gasteiger partial charge in [0.2, 0.25) is 11.8 Å². The number of carbonyl (C=O) groups excluding carboxylic acids is 2. The van der Waals surface area contributed by atoms with Crippen molar-refractivity contribution in [2.75, 3.05) is 6.54 Å². The summed E-state index contributed by atoms with van der Waals surface area (Å²) in [5.41, 5.74) is 5.02. The fourth-order valence-corrected chi connectivity index (χ4v) is 1.06. The van der Waals surface area contributed by atoms with Gasteiger partial charge in [-0.3, -0.25) is 9.59 Å². The molecule has 1 unspecified atom stereocenters. The van der Waals surface area contributed by atoms with E-state index in [0.29, 0.717) is 13.0 Å². The fourth-order valence-electron chi connectivity index (χ4n) is 1.06. The van der Waals surface area contributed by atoms with Crippen molar-refractivity contribution in [2.45, 2.75) is 33.1 Å². The van der Waals surface area contributed by atoms with Crippen molar-refractivity contribution in [3.05, 3.63) is 0 Å². The van der Waals surface area contributed by atoms with E-state index >= 15 is 0 Å². The van der Waals surface area contributed by atoms with Gasteiger partial charge in [0.1, 0.15) is 0 Å². The summed E-state index contributed by atoms with van der Waals surface area (Å²) in [6.07, 6.45) is 1.70. The van der Waals surface area contributed by atoms with Gasteiger partial charge in [0, 0.05) is 18.9 Å². The van der Waals surface area contributed by atoms with Gasteiger partial charge in [-0.15, -0.1) is 0 Å². The maximum absolute atomic E-state index is 11.3. The number of rotatable bonds is 6. The molecule has 0 saturated heterocycles. The molecular weight excluding hydrogens is 168 g/mol. The molecule has 76 valence electrons. The summed E-state index contributed by atoms with van der Waals surface area (Å²) in [4.78, 5) is 21.9. The zero-order chi connectivity index (χ0) is 10.3. The van der Waals surface area contributed by atoms with Crippen LogP contribution in [-0.4, -0.2) is 18.4 Å². The van der Waals surface area contributed by atoms with Crippen LogP contribution >= 0.6 is 0 Å². The second-order valence-corrected chi connectivity index (χ2v) is 3.07. The molecule has 0 aromatic carbocycles. The minimum atomic E-state index is -0.418. The number of primary amides is 1. The van der Waals surface area contributed by atoms with Gasteiger partial charge < -0.3 is 11.1 Å². The molecule has 0 bridgehead atoms. The molecule has 0 saturated carbocycles. The molecule has 0 fully saturated rings. The van der Waals surface area contributed by atoms with Crippen LogP contribution in [0.15, 0.2) is 0 Å². The fraction of sp³-hybridized carbons (Fsp3) is 0.778. The number of hydrogen-bond donors (Lipinski definition) is 2. The molecule has 0 aliphatic rings. The highest BCUT2D eigenvalue weighted by Gasteiger charge is 2.17. The van der Waals surface area contributed by atoms with Crippen LogP contribution in [0.4, 0.5) is 0 Å². The zero-order valence-corrected chi connectivity index (χ0v) is 8.30. The Kier molecular flexibility index (Phi) is 5.93. The Morgan fingerprint density at radius 1 is 1.38 bits per heavy atom. The highest BCUT2D eigenvalue weighted by molar-refractivity contribution is 5.84. The lowest BCUT2D eigenvalue weighted by Gasteiger charge is -2.12. The summed E-state index contributed by atoms with van der Waals surface area (Å²) in [5.74, 6) is -0.745. The third-order valence-electron chi connectivity index (χ3n) is 1.86. The van der Waals surface area contributed by atoms with Crippen molar-refractivity contribution in [1.29, 1.82) is 0 Å². The van der Waals surface area contributed by atoms with Crippen LogP contribution in [0.5, 0.6) is 0 Å². The van der Waals surface area contributed by atoms with E-state index in [4.69, 9.17) is 5.73 Å². The van der Waals surface area contributed by atoms with E-state index in [9.17, 15) is 9.59 Å². The predicted molar refractivity (Wildman–Crippen MR) is 50.9 cm³/mol. The predicted octanol–water partition coefficient (Wildman–Crippen LogP) is 0.414. The van der Waals surface area contributed by atoms with Crippen LogP contribution in [-0.2, 0) is 9.59 Å². The van der Waals surface area contributed by atoms with Crippen molar-refractivity contribution in [1.82, 2.24) is 5.32 Å². The molecule has 0 aliphatic carbocycles. The van der Waals surface area contributed by atoms with Gasteiger partial charge in [-0.05, 0) is 12.8 Å². The zero-order valence-electron chi connectivity index (χ0n) is 8.30. The molecule has 13 heavy (non-hydrogen) atoms. The maximum atomic E-state index is 11.3. The van der Waals surface area contributed by atoms with Crippen LogP contribution in [0.2, 0.25) is 0 Å². The molecule has 4 nitrogen and oxygen atoms in total. The number of amides is 2. The summed E-state index contributed by atoms with van der Waals surface area (Å²) < 4.78 is 0. The largest absolute Gasteiger partial charge is 0.370 e. The van der Waals surface area contributed by atoms with E-state index in [-0.39, 0.29) is 18.2 Å². The molecule has 0 rings (SSSR count). The minimum absolute atomic E-state index is 0.0665. The molecule has 2 amide bonds. The lowest BCUT2D eigenvalue weighted by Crippen LogP contribution is -2.33. The second-order valence-electron chi connectivity index (χ2n) is 3.07. The Morgan fingerprint density at radius 2 is 2.00 bits per heavy atom. The van der Waals surface area contributed by atoms with Gasteiger partial charge in [-0.1, -0.05) is 13.8 Å². The number of hydrogen-bond acceptors (Lipinski definition) is 2. The van der Waals surface area contributed by atoms with Gasteiger partial charge in [0.05, 0.1) is 0 Å². The Morgan fingerprint density at radius 3 is 2.38 bits per heavy atom. The molecule has 1 atom stereocenters. The highest BCUT2D eigenvalue weighted by Crippen LogP contribution is 2.07. The summed E-state index contributed by atoms with van der Waals surface area (Å²) in [6.45, 7) is 4.52. The van der Waals surface area contributed by atoms with Crippen LogP contribution in [0.3, 0.4) is 0 Å². The van der Waals surface area contributed by atoms with Crippen LogP contribution < -0.4 is 11.1 Å². The second kappa shape index (κ2) is 6.46. The first-order valence-electron chi connectivity index (χ1n) is 4.67. The molecular formula is C9H18N2O2. The summed E-state index contributed by atoms with van der Waals surface area (Å²) >= 11 is 0. The molecule has 0 heterocycles. The van der Waals surface area contributed by atoms with E-state index < -0.39 is 5.91 Å². The smallest absolute Gasteiger partial charge is 0.223 e. The van der Waals surface area contributed by atoms with Crippen molar-refractivity contribution < 1.29 is 9.59 Å². The Bertz CT molecular complexity index is 180. The lowest BCUT2D eigenvalue weighted by molar-refractivity contribution is -0.129. The van der Waals surface area contributed by atoms with Gasteiger partial charge in [0.25, 0.3) is 0 Å². The monoisotopic (exact) mass is 186 g/mol. The average molecular weight is 186 g/mol. The van der Waals surface area contributed by atoms with Gasteiger partial charge >= 0.3 is 0 Å². The van der Waals surface area contributed by atoms with Gasteiger partial charge in [0.15, 0.2) is 0 Å². The minimum Gasteiger partial charge on any atom is -0.370 e. The third-order valence-corrected chi connectivity index (χ3v) is 1.86. The molecule has 0 spiro atoms. The standard InChI is InChI=1S/C9H18N2O2/c1-3-5-11-9(13)7(4-2)6-8(10)12/h7H,3-6H2,1-2H3,(H2,10,12)(H,11,13). The summed E-state index contributed by atoms with van der Waals surface area (Å²) in [5, 5.41) is 2.74. The lowest BCUT2D eigenvalue weighted by atomic mass is 10.0. The van der Waals surface area contributed by atoms with Crippen molar-refractivity contribution in [3.63, 3.8) is 0 Å². The van der Waals surface area contributed by atoms with E-state index in [1.165, 1.54) is 0 Å². The van der Waals surface area contributed by atoms with Gasteiger partial charge in [-0.25, -0.2) is 0 Å². The third kappa shape index (κ3) is 5.22. The normalized spacial score (nSPS) is 12.2. The Labute approximate surface area is 78.9 Å². The van der Waals surface area contributed by atoms with Crippen molar-refractivity contribution >= 4 is 11.8 Å². The first-order chi connectivity index (χ1) is 6.11. The number of nitrogens with one attached hydrogen (secondary N) is 1. The average Bonchev–Trinajstić information content (AvgIpc) is 2.09. The quantitative estimate of drug-likeness (QED) is 0.630. The van der Waals surface area contributed by atoms with E-state index in [1.807, 2.05) is 13.8 Å². The topological polar surface area (TPSA) is 72.2 Å². The van der Waals surface area contributed by atoms with E-state index in [2.05, 4.69) is 5.32 Å². The SMILES string of the molecule is CCCNC(=O)C(CC)CC(N)=O. The highest BCUT2D eigenvalue weighted by atomic mass is 16.2. The molecule has 4 heteroatoms. The van der Waals surface area contributed by atoms with E-state index in [1.54, 1.807) is 0 Å². The van der Waals surface area contributed by atoms with E-state index in [0.717, 1.165) is 6.42 Å². The van der Waals surface area contributed by atoms with Crippen LogP contribution in [0.1, 0.15) is 33.1 Å². The molecule has 3 N–H and O–H groups in total. The Hall–Kier alpha value is -1.06. The molecule has 0 aromatic heterocycles. The summed E-state index contributed by atoms with van der Waals surface area (Å²) in [6, 6.07) is 0. The van der Waals surface area contributed by atoms with Gasteiger partial charge in [-0.2, -0.15) is 0 Å². The Balaban J connectivity index is 3.92. The molecule has 0 aliphatic heterocycles.